The maximum atomic E-state index is 13.4. The topological polar surface area (TPSA) is 87.9 Å². The maximum Gasteiger partial charge on any atom is 0.340 e. The van der Waals surface area contributed by atoms with E-state index in [-0.39, 0.29) is 29.8 Å². The first kappa shape index (κ1) is 21.7. The molecule has 4 rings (SSSR count). The zero-order valence-corrected chi connectivity index (χ0v) is 18.3. The van der Waals surface area contributed by atoms with E-state index in [9.17, 15) is 9.59 Å². The lowest BCUT2D eigenvalue weighted by atomic mass is 9.73. The SMILES string of the molecule is CCOC(=O)C1=C(N)OC2=C(C(=O)CC(c3ccccc3)C2)C1c1ccc(OCC)cc1. The average Bonchev–Trinajstić information content (AvgIpc) is 2.79. The molecule has 1 aliphatic heterocycles. The van der Waals surface area contributed by atoms with Crippen LogP contribution < -0.4 is 10.5 Å². The normalized spacial score (nSPS) is 20.5. The van der Waals surface area contributed by atoms with Crippen molar-refractivity contribution in [1.82, 2.24) is 0 Å². The average molecular weight is 434 g/mol. The minimum Gasteiger partial charge on any atom is -0.494 e. The molecule has 0 fully saturated rings. The van der Waals surface area contributed by atoms with E-state index < -0.39 is 11.9 Å². The van der Waals surface area contributed by atoms with Crippen LogP contribution in [0.5, 0.6) is 5.75 Å². The van der Waals surface area contributed by atoms with Crippen molar-refractivity contribution < 1.29 is 23.8 Å². The number of carbonyl (C=O) groups is 2. The van der Waals surface area contributed by atoms with Crippen LogP contribution in [0.1, 0.15) is 49.7 Å². The molecule has 0 saturated heterocycles. The van der Waals surface area contributed by atoms with E-state index in [1.807, 2.05) is 61.5 Å². The van der Waals surface area contributed by atoms with Gasteiger partial charge in [0, 0.05) is 18.4 Å². The van der Waals surface area contributed by atoms with Crippen LogP contribution in [0.4, 0.5) is 0 Å². The van der Waals surface area contributed by atoms with Crippen molar-refractivity contribution in [3.63, 3.8) is 0 Å². The molecule has 2 aliphatic rings. The highest BCUT2D eigenvalue weighted by atomic mass is 16.5. The standard InChI is InChI=1S/C26H27NO5/c1-3-30-19-12-10-17(11-13-19)22-23-20(28)14-18(16-8-6-5-7-9-16)15-21(23)32-25(27)24(22)26(29)31-4-2/h5-13,18,22H,3-4,14-15,27H2,1-2H3. The van der Waals surface area contributed by atoms with Crippen LogP contribution in [0, 0.1) is 0 Å². The van der Waals surface area contributed by atoms with Gasteiger partial charge in [-0.1, -0.05) is 42.5 Å². The first-order valence-corrected chi connectivity index (χ1v) is 10.9. The van der Waals surface area contributed by atoms with E-state index in [0.717, 1.165) is 11.1 Å². The summed E-state index contributed by atoms with van der Waals surface area (Å²) in [6.45, 7) is 4.38. The number of allylic oxidation sites excluding steroid dienone is 2. The number of ether oxygens (including phenoxy) is 3. The van der Waals surface area contributed by atoms with Crippen molar-refractivity contribution in [2.75, 3.05) is 13.2 Å². The van der Waals surface area contributed by atoms with Crippen molar-refractivity contribution in [3.05, 3.63) is 88.5 Å². The molecule has 0 radical (unpaired) electrons. The molecule has 0 spiro atoms. The Bertz CT molecular complexity index is 1070. The first-order chi connectivity index (χ1) is 15.5. The van der Waals surface area contributed by atoms with E-state index in [1.54, 1.807) is 6.92 Å². The Morgan fingerprint density at radius 2 is 1.72 bits per heavy atom. The molecule has 0 saturated carbocycles. The molecule has 0 aromatic heterocycles. The summed E-state index contributed by atoms with van der Waals surface area (Å²) in [7, 11) is 0. The summed E-state index contributed by atoms with van der Waals surface area (Å²) in [5.74, 6) is -0.0341. The predicted octanol–water partition coefficient (Wildman–Crippen LogP) is 4.33. The fraction of sp³-hybridized carbons (Fsp3) is 0.308. The molecule has 32 heavy (non-hydrogen) atoms. The van der Waals surface area contributed by atoms with Crippen LogP contribution in [-0.2, 0) is 19.1 Å². The predicted molar refractivity (Wildman–Crippen MR) is 120 cm³/mol. The van der Waals surface area contributed by atoms with Gasteiger partial charge in [0.1, 0.15) is 17.1 Å². The Balaban J connectivity index is 1.77. The van der Waals surface area contributed by atoms with Gasteiger partial charge < -0.3 is 19.9 Å². The molecule has 6 nitrogen and oxygen atoms in total. The van der Waals surface area contributed by atoms with Crippen molar-refractivity contribution in [2.45, 2.75) is 38.5 Å². The summed E-state index contributed by atoms with van der Waals surface area (Å²) in [5, 5.41) is 0. The number of carbonyl (C=O) groups excluding carboxylic acids is 2. The zero-order chi connectivity index (χ0) is 22.7. The fourth-order valence-corrected chi connectivity index (χ4v) is 4.43. The van der Waals surface area contributed by atoms with Crippen LogP contribution in [0.25, 0.3) is 0 Å². The minimum atomic E-state index is -0.641. The number of ketones is 1. The smallest absolute Gasteiger partial charge is 0.340 e. The van der Waals surface area contributed by atoms with Crippen LogP contribution in [0.3, 0.4) is 0 Å². The lowest BCUT2D eigenvalue weighted by Gasteiger charge is -2.35. The molecule has 6 heteroatoms. The Labute approximate surface area is 187 Å². The second-order valence-electron chi connectivity index (χ2n) is 7.81. The number of hydrogen-bond donors (Lipinski definition) is 1. The van der Waals surface area contributed by atoms with Gasteiger partial charge in [-0.25, -0.2) is 4.79 Å². The largest absolute Gasteiger partial charge is 0.494 e. The van der Waals surface area contributed by atoms with E-state index in [0.29, 0.717) is 36.5 Å². The second kappa shape index (κ2) is 9.30. The first-order valence-electron chi connectivity index (χ1n) is 10.9. The molecule has 2 unspecified atom stereocenters. The Morgan fingerprint density at radius 3 is 2.38 bits per heavy atom. The monoisotopic (exact) mass is 433 g/mol. The Hall–Kier alpha value is -3.54. The number of Topliss-reactive ketones (excluding diaryl/α,β-unsaturated/α-hetero) is 1. The third-order valence-electron chi connectivity index (χ3n) is 5.83. The van der Waals surface area contributed by atoms with Crippen molar-refractivity contribution in [2.24, 2.45) is 5.73 Å². The Morgan fingerprint density at radius 1 is 1.00 bits per heavy atom. The Kier molecular flexibility index (Phi) is 6.30. The van der Waals surface area contributed by atoms with Crippen LogP contribution in [0.15, 0.2) is 77.4 Å². The van der Waals surface area contributed by atoms with Crippen LogP contribution in [-0.4, -0.2) is 25.0 Å². The van der Waals surface area contributed by atoms with E-state index in [1.165, 1.54) is 0 Å². The van der Waals surface area contributed by atoms with Gasteiger partial charge in [0.15, 0.2) is 5.78 Å². The van der Waals surface area contributed by atoms with Gasteiger partial charge in [-0.15, -0.1) is 0 Å². The third kappa shape index (κ3) is 4.13. The third-order valence-corrected chi connectivity index (χ3v) is 5.83. The van der Waals surface area contributed by atoms with Gasteiger partial charge in [-0.05, 0) is 43.0 Å². The van der Waals surface area contributed by atoms with Crippen molar-refractivity contribution in [3.8, 4) is 5.75 Å². The zero-order valence-electron chi connectivity index (χ0n) is 18.3. The van der Waals surface area contributed by atoms with Gasteiger partial charge in [0.05, 0.1) is 19.1 Å². The lowest BCUT2D eigenvalue weighted by Crippen LogP contribution is -2.33. The highest BCUT2D eigenvalue weighted by Gasteiger charge is 2.43. The second-order valence-corrected chi connectivity index (χ2v) is 7.81. The fourth-order valence-electron chi connectivity index (χ4n) is 4.43. The highest BCUT2D eigenvalue weighted by Crippen LogP contribution is 2.47. The van der Waals surface area contributed by atoms with Gasteiger partial charge >= 0.3 is 5.97 Å². The summed E-state index contributed by atoms with van der Waals surface area (Å²) in [4.78, 5) is 26.3. The summed E-state index contributed by atoms with van der Waals surface area (Å²) in [6.07, 6.45) is 0.880. The van der Waals surface area contributed by atoms with E-state index >= 15 is 0 Å². The van der Waals surface area contributed by atoms with Crippen LogP contribution >= 0.6 is 0 Å². The molecule has 2 aromatic rings. The van der Waals surface area contributed by atoms with Crippen molar-refractivity contribution >= 4 is 11.8 Å². The van der Waals surface area contributed by atoms with E-state index in [2.05, 4.69) is 0 Å². The van der Waals surface area contributed by atoms with Gasteiger partial charge in [0.2, 0.25) is 5.88 Å². The number of benzene rings is 2. The summed E-state index contributed by atoms with van der Waals surface area (Å²) < 4.78 is 16.7. The van der Waals surface area contributed by atoms with E-state index in [4.69, 9.17) is 19.9 Å². The molecule has 166 valence electrons. The summed E-state index contributed by atoms with van der Waals surface area (Å²) in [6, 6.07) is 17.3. The van der Waals surface area contributed by atoms with Gasteiger partial charge in [0.25, 0.3) is 0 Å². The molecule has 1 aliphatic carbocycles. The molecular weight excluding hydrogens is 406 g/mol. The number of hydrogen-bond acceptors (Lipinski definition) is 6. The molecule has 2 N–H and O–H groups in total. The molecule has 2 atom stereocenters. The summed E-state index contributed by atoms with van der Waals surface area (Å²) in [5.41, 5.74) is 8.73. The maximum absolute atomic E-state index is 13.4. The molecular formula is C26H27NO5. The van der Waals surface area contributed by atoms with Crippen LogP contribution in [0.2, 0.25) is 0 Å². The molecule has 2 aromatic carbocycles. The van der Waals surface area contributed by atoms with Gasteiger partial charge in [-0.3, -0.25) is 4.79 Å². The van der Waals surface area contributed by atoms with Gasteiger partial charge in [-0.2, -0.15) is 0 Å². The quantitative estimate of drug-likeness (QED) is 0.682. The number of esters is 1. The molecule has 0 amide bonds. The number of rotatable bonds is 6. The minimum absolute atomic E-state index is 0.000346. The number of nitrogens with two attached hydrogens (primary N) is 1. The lowest BCUT2D eigenvalue weighted by molar-refractivity contribution is -0.139. The molecule has 0 bridgehead atoms. The van der Waals surface area contributed by atoms with Crippen molar-refractivity contribution in [1.29, 1.82) is 0 Å². The highest BCUT2D eigenvalue weighted by molar-refractivity contribution is 6.03. The molecule has 1 heterocycles. The summed E-state index contributed by atoms with van der Waals surface area (Å²) >= 11 is 0.